The molecule has 0 aliphatic carbocycles. The second-order valence-electron chi connectivity index (χ2n) is 7.28. The van der Waals surface area contributed by atoms with Crippen molar-refractivity contribution in [1.82, 2.24) is 9.78 Å². The van der Waals surface area contributed by atoms with Gasteiger partial charge in [-0.2, -0.15) is 5.10 Å². The fraction of sp³-hybridized carbons (Fsp3) is 0.261. The summed E-state index contributed by atoms with van der Waals surface area (Å²) in [6.45, 7) is 4.52. The van der Waals surface area contributed by atoms with Crippen LogP contribution in [0.1, 0.15) is 47.3 Å². The minimum atomic E-state index is -0.586. The van der Waals surface area contributed by atoms with Gasteiger partial charge < -0.3 is 10.1 Å². The van der Waals surface area contributed by atoms with Crippen LogP contribution in [0.3, 0.4) is 0 Å². The molecule has 7 heteroatoms. The predicted octanol–water partition coefficient (Wildman–Crippen LogP) is 4.93. The summed E-state index contributed by atoms with van der Waals surface area (Å²) in [5.74, 6) is 0.359. The van der Waals surface area contributed by atoms with E-state index in [1.54, 1.807) is 41.1 Å². The van der Waals surface area contributed by atoms with Gasteiger partial charge in [-0.1, -0.05) is 18.5 Å². The number of aryl methyl sites for hydroxylation is 1. The zero-order valence-corrected chi connectivity index (χ0v) is 17.6. The highest BCUT2D eigenvalue weighted by Crippen LogP contribution is 2.38. The molecule has 1 N–H and O–H groups in total. The maximum atomic E-state index is 13.3. The number of hydrogen-bond acceptors (Lipinski definition) is 4. The van der Waals surface area contributed by atoms with Crippen LogP contribution in [-0.4, -0.2) is 28.1 Å². The van der Waals surface area contributed by atoms with Gasteiger partial charge in [-0.3, -0.25) is 9.59 Å². The zero-order chi connectivity index (χ0) is 21.3. The molecule has 0 bridgehead atoms. The van der Waals surface area contributed by atoms with Crippen LogP contribution < -0.4 is 10.1 Å². The van der Waals surface area contributed by atoms with Crippen molar-refractivity contribution in [3.63, 3.8) is 0 Å². The lowest BCUT2D eigenvalue weighted by atomic mass is 9.85. The first-order valence-electron chi connectivity index (χ1n) is 9.90. The Morgan fingerprint density at radius 2 is 1.90 bits per heavy atom. The molecule has 4 rings (SSSR count). The van der Waals surface area contributed by atoms with Crippen LogP contribution in [0.2, 0.25) is 5.02 Å². The Kier molecular flexibility index (Phi) is 5.59. The van der Waals surface area contributed by atoms with Crippen LogP contribution in [0.15, 0.2) is 48.5 Å². The van der Waals surface area contributed by atoms with E-state index in [9.17, 15) is 9.59 Å². The number of anilines is 1. The molecule has 1 aliphatic rings. The van der Waals surface area contributed by atoms with Crippen molar-refractivity contribution >= 4 is 29.1 Å². The van der Waals surface area contributed by atoms with Crippen LogP contribution in [0.4, 0.5) is 5.82 Å². The Balaban J connectivity index is 1.69. The SMILES string of the molecule is CCCOc1ccc(C(=O)[C@@H]2CC(=O)Nc3c2c(C)nn3-c2ccc(Cl)cc2)cc1. The molecule has 0 spiro atoms. The number of fused-ring (bicyclic) bond motifs is 1. The van der Waals surface area contributed by atoms with Gasteiger partial charge in [0.05, 0.1) is 23.9 Å². The van der Waals surface area contributed by atoms with E-state index in [-0.39, 0.29) is 18.1 Å². The number of amides is 1. The molecule has 2 heterocycles. The fourth-order valence-corrected chi connectivity index (χ4v) is 3.80. The number of hydrogen-bond donors (Lipinski definition) is 1. The third-order valence-corrected chi connectivity index (χ3v) is 5.35. The van der Waals surface area contributed by atoms with Crippen LogP contribution in [0, 0.1) is 6.92 Å². The minimum absolute atomic E-state index is 0.0903. The molecule has 0 saturated heterocycles. The number of ketones is 1. The van der Waals surface area contributed by atoms with E-state index < -0.39 is 5.92 Å². The number of carbonyl (C=O) groups is 2. The Morgan fingerprint density at radius 1 is 1.20 bits per heavy atom. The van der Waals surface area contributed by atoms with E-state index in [1.807, 2.05) is 26.0 Å². The maximum absolute atomic E-state index is 13.3. The summed E-state index contributed by atoms with van der Waals surface area (Å²) in [6, 6.07) is 14.2. The van der Waals surface area contributed by atoms with Crippen LogP contribution in [0.5, 0.6) is 5.75 Å². The summed E-state index contributed by atoms with van der Waals surface area (Å²) < 4.78 is 7.24. The number of aromatic nitrogens is 2. The Labute approximate surface area is 179 Å². The summed E-state index contributed by atoms with van der Waals surface area (Å²) in [7, 11) is 0. The second kappa shape index (κ2) is 8.32. The van der Waals surface area contributed by atoms with Gasteiger partial charge in [0.25, 0.3) is 0 Å². The molecule has 0 fully saturated rings. The quantitative estimate of drug-likeness (QED) is 0.570. The molecule has 1 aliphatic heterocycles. The molecule has 154 valence electrons. The molecule has 1 atom stereocenters. The molecule has 1 aromatic heterocycles. The van der Waals surface area contributed by atoms with Crippen molar-refractivity contribution in [2.24, 2.45) is 0 Å². The Morgan fingerprint density at radius 3 is 2.57 bits per heavy atom. The lowest BCUT2D eigenvalue weighted by Crippen LogP contribution is -2.28. The third kappa shape index (κ3) is 3.83. The van der Waals surface area contributed by atoms with Crippen molar-refractivity contribution in [3.05, 3.63) is 70.4 Å². The molecule has 6 nitrogen and oxygen atoms in total. The summed E-state index contributed by atoms with van der Waals surface area (Å²) in [4.78, 5) is 25.7. The van der Waals surface area contributed by atoms with Gasteiger partial charge in [-0.25, -0.2) is 4.68 Å². The van der Waals surface area contributed by atoms with Crippen LogP contribution >= 0.6 is 11.6 Å². The first-order valence-corrected chi connectivity index (χ1v) is 10.3. The average Bonchev–Trinajstić information content (AvgIpc) is 3.08. The fourth-order valence-electron chi connectivity index (χ4n) is 3.68. The van der Waals surface area contributed by atoms with Crippen molar-refractivity contribution in [2.75, 3.05) is 11.9 Å². The number of halogens is 1. The smallest absolute Gasteiger partial charge is 0.226 e. The lowest BCUT2D eigenvalue weighted by Gasteiger charge is -2.23. The standard InChI is InChI=1S/C23H22ClN3O3/c1-3-12-30-18-10-4-15(5-11-18)22(29)19-13-20(28)25-23-21(19)14(2)26-27(23)17-8-6-16(24)7-9-17/h4-11,19H,3,12-13H2,1-2H3,(H,25,28)/t19-/m1/s1. The van der Waals surface area contributed by atoms with Gasteiger partial charge in [0.15, 0.2) is 5.78 Å². The van der Waals surface area contributed by atoms with Crippen LogP contribution in [-0.2, 0) is 4.79 Å². The number of nitrogens with zero attached hydrogens (tertiary/aromatic N) is 2. The first kappa shape index (κ1) is 20.2. The number of ether oxygens (including phenoxy) is 1. The van der Waals surface area contributed by atoms with Gasteiger partial charge >= 0.3 is 0 Å². The summed E-state index contributed by atoms with van der Waals surface area (Å²) in [5, 5.41) is 8.09. The van der Waals surface area contributed by atoms with E-state index >= 15 is 0 Å². The van der Waals surface area contributed by atoms with Gasteiger partial charge in [0.1, 0.15) is 11.6 Å². The topological polar surface area (TPSA) is 73.2 Å². The van der Waals surface area contributed by atoms with E-state index in [2.05, 4.69) is 10.4 Å². The molecule has 1 amide bonds. The number of benzene rings is 2. The second-order valence-corrected chi connectivity index (χ2v) is 7.71. The van der Waals surface area contributed by atoms with Gasteiger partial charge in [0.2, 0.25) is 5.91 Å². The molecule has 3 aromatic rings. The van der Waals surface area contributed by atoms with Gasteiger partial charge in [-0.15, -0.1) is 0 Å². The van der Waals surface area contributed by atoms with Gasteiger partial charge in [0, 0.05) is 22.6 Å². The molecule has 30 heavy (non-hydrogen) atoms. The lowest BCUT2D eigenvalue weighted by molar-refractivity contribution is -0.116. The normalized spacial score (nSPS) is 15.4. The number of Topliss-reactive ketones (excluding diaryl/α,β-unsaturated/α-hetero) is 1. The van der Waals surface area contributed by atoms with Crippen molar-refractivity contribution in [2.45, 2.75) is 32.6 Å². The van der Waals surface area contributed by atoms with E-state index in [4.69, 9.17) is 16.3 Å². The minimum Gasteiger partial charge on any atom is -0.494 e. The maximum Gasteiger partial charge on any atom is 0.226 e. The highest BCUT2D eigenvalue weighted by atomic mass is 35.5. The predicted molar refractivity (Wildman–Crippen MR) is 116 cm³/mol. The van der Waals surface area contributed by atoms with E-state index in [0.29, 0.717) is 28.7 Å². The molecular formula is C23H22ClN3O3. The van der Waals surface area contributed by atoms with E-state index in [0.717, 1.165) is 23.4 Å². The van der Waals surface area contributed by atoms with Crippen molar-refractivity contribution in [1.29, 1.82) is 0 Å². The van der Waals surface area contributed by atoms with Crippen molar-refractivity contribution < 1.29 is 14.3 Å². The van der Waals surface area contributed by atoms with Crippen molar-refractivity contribution in [3.8, 4) is 11.4 Å². The first-order chi connectivity index (χ1) is 14.5. The number of nitrogens with one attached hydrogen (secondary N) is 1. The average molecular weight is 424 g/mol. The molecule has 0 saturated carbocycles. The summed E-state index contributed by atoms with van der Waals surface area (Å²) in [6.07, 6.45) is 1.00. The molecule has 0 unspecified atom stereocenters. The zero-order valence-electron chi connectivity index (χ0n) is 16.8. The molecular weight excluding hydrogens is 402 g/mol. The Hall–Kier alpha value is -3.12. The number of rotatable bonds is 6. The molecule has 0 radical (unpaired) electrons. The van der Waals surface area contributed by atoms with Crippen LogP contribution in [0.25, 0.3) is 5.69 Å². The monoisotopic (exact) mass is 423 g/mol. The third-order valence-electron chi connectivity index (χ3n) is 5.10. The summed E-state index contributed by atoms with van der Waals surface area (Å²) >= 11 is 5.99. The highest BCUT2D eigenvalue weighted by Gasteiger charge is 2.36. The molecule has 2 aromatic carbocycles. The summed E-state index contributed by atoms with van der Waals surface area (Å²) in [5.41, 5.74) is 2.76. The van der Waals surface area contributed by atoms with E-state index in [1.165, 1.54) is 0 Å². The number of carbonyl (C=O) groups excluding carboxylic acids is 2. The Bertz CT molecular complexity index is 1090. The largest absolute Gasteiger partial charge is 0.494 e. The highest BCUT2D eigenvalue weighted by molar-refractivity contribution is 6.30. The van der Waals surface area contributed by atoms with Gasteiger partial charge in [-0.05, 0) is 61.9 Å².